The zero-order valence-corrected chi connectivity index (χ0v) is 9.84. The molecule has 2 aromatic rings. The lowest BCUT2D eigenvalue weighted by Gasteiger charge is -2.13. The van der Waals surface area contributed by atoms with Crippen molar-refractivity contribution in [1.82, 2.24) is 0 Å². The highest BCUT2D eigenvalue weighted by Crippen LogP contribution is 2.24. The maximum Gasteiger partial charge on any atom is 0.122 e. The molecule has 1 N–H and O–H groups in total. The van der Waals surface area contributed by atoms with E-state index in [0.717, 1.165) is 16.9 Å². The molecule has 0 aliphatic carbocycles. The third-order valence-corrected chi connectivity index (χ3v) is 2.79. The molecule has 2 heteroatoms. The number of ether oxygens (including phenoxy) is 1. The highest BCUT2D eigenvalue weighted by atomic mass is 16.5. The maximum atomic E-state index is 10.1. The summed E-state index contributed by atoms with van der Waals surface area (Å²) in [5, 5.41) is 10.1. The van der Waals surface area contributed by atoms with Crippen LogP contribution >= 0.6 is 0 Å². The lowest BCUT2D eigenvalue weighted by Crippen LogP contribution is -2.03. The molecule has 0 bridgehead atoms. The molecule has 0 aliphatic rings. The molecule has 0 unspecified atom stereocenters. The molecular formula is C15H16O2. The van der Waals surface area contributed by atoms with Gasteiger partial charge in [0.05, 0.1) is 13.2 Å². The number of methoxy groups -OCH3 is 1. The van der Waals surface area contributed by atoms with Crippen LogP contribution in [0.2, 0.25) is 0 Å². The lowest BCUT2D eigenvalue weighted by molar-refractivity contribution is 0.177. The number of aliphatic hydroxyl groups is 1. The number of hydrogen-bond acceptors (Lipinski definition) is 2. The van der Waals surface area contributed by atoms with Gasteiger partial charge in [-0.1, -0.05) is 48.5 Å². The fourth-order valence-electron chi connectivity index (χ4n) is 1.87. The molecule has 17 heavy (non-hydrogen) atoms. The van der Waals surface area contributed by atoms with Gasteiger partial charge in [0.2, 0.25) is 0 Å². The van der Waals surface area contributed by atoms with Gasteiger partial charge in [0.1, 0.15) is 5.75 Å². The average molecular weight is 228 g/mol. The largest absolute Gasteiger partial charge is 0.496 e. The summed E-state index contributed by atoms with van der Waals surface area (Å²) in [5.41, 5.74) is 1.95. The van der Waals surface area contributed by atoms with Crippen LogP contribution in [0.15, 0.2) is 54.6 Å². The topological polar surface area (TPSA) is 29.5 Å². The third kappa shape index (κ3) is 2.86. The molecule has 2 aromatic carbocycles. The van der Waals surface area contributed by atoms with E-state index in [1.54, 1.807) is 7.11 Å². The minimum absolute atomic E-state index is 0.493. The van der Waals surface area contributed by atoms with E-state index in [0.29, 0.717) is 6.42 Å². The Bertz CT molecular complexity index is 465. The van der Waals surface area contributed by atoms with Gasteiger partial charge in [0.15, 0.2) is 0 Å². The zero-order chi connectivity index (χ0) is 12.1. The molecule has 0 amide bonds. The molecule has 0 aromatic heterocycles. The first kappa shape index (κ1) is 11.7. The van der Waals surface area contributed by atoms with E-state index in [1.807, 2.05) is 54.6 Å². The van der Waals surface area contributed by atoms with Gasteiger partial charge in [-0.05, 0) is 17.2 Å². The minimum atomic E-state index is -0.493. The van der Waals surface area contributed by atoms with Crippen LogP contribution in [0.4, 0.5) is 0 Å². The molecule has 0 saturated heterocycles. The maximum absolute atomic E-state index is 10.1. The minimum Gasteiger partial charge on any atom is -0.496 e. The normalized spacial score (nSPS) is 12.1. The smallest absolute Gasteiger partial charge is 0.122 e. The number of aliphatic hydroxyl groups excluding tert-OH is 1. The number of hydrogen-bond donors (Lipinski definition) is 1. The van der Waals surface area contributed by atoms with Crippen LogP contribution in [0, 0.1) is 0 Å². The molecule has 0 saturated carbocycles. The molecule has 2 nitrogen and oxygen atoms in total. The van der Waals surface area contributed by atoms with Crippen molar-refractivity contribution in [3.8, 4) is 5.75 Å². The van der Waals surface area contributed by atoms with E-state index in [9.17, 15) is 5.11 Å². The fourth-order valence-corrected chi connectivity index (χ4v) is 1.87. The second kappa shape index (κ2) is 5.51. The van der Waals surface area contributed by atoms with Crippen molar-refractivity contribution in [2.24, 2.45) is 0 Å². The summed E-state index contributed by atoms with van der Waals surface area (Å²) in [6, 6.07) is 17.4. The van der Waals surface area contributed by atoms with Crippen molar-refractivity contribution in [3.63, 3.8) is 0 Å². The summed E-state index contributed by atoms with van der Waals surface area (Å²) in [6.07, 6.45) is 0.0705. The zero-order valence-electron chi connectivity index (χ0n) is 9.84. The summed E-state index contributed by atoms with van der Waals surface area (Å²) in [7, 11) is 1.65. The molecule has 0 spiro atoms. The summed E-state index contributed by atoms with van der Waals surface area (Å²) in [6.45, 7) is 0. The quantitative estimate of drug-likeness (QED) is 0.871. The highest BCUT2D eigenvalue weighted by Gasteiger charge is 2.10. The first-order valence-electron chi connectivity index (χ1n) is 5.66. The van der Waals surface area contributed by atoms with Crippen molar-refractivity contribution in [2.75, 3.05) is 7.11 Å². The standard InChI is InChI=1S/C15H16O2/c1-17-15-10-6-5-9-13(15)11-14(16)12-7-3-2-4-8-12/h2-10,14,16H,11H2,1H3/t14-/m1/s1. The van der Waals surface area contributed by atoms with E-state index in [2.05, 4.69) is 0 Å². The molecule has 88 valence electrons. The van der Waals surface area contributed by atoms with Gasteiger partial charge in [-0.15, -0.1) is 0 Å². The summed E-state index contributed by atoms with van der Waals surface area (Å²) in [5.74, 6) is 0.822. The van der Waals surface area contributed by atoms with Gasteiger partial charge < -0.3 is 9.84 Å². The third-order valence-electron chi connectivity index (χ3n) is 2.79. The second-order valence-corrected chi connectivity index (χ2v) is 3.94. The van der Waals surface area contributed by atoms with Gasteiger partial charge >= 0.3 is 0 Å². The summed E-state index contributed by atoms with van der Waals surface area (Å²) in [4.78, 5) is 0. The van der Waals surface area contributed by atoms with E-state index < -0.39 is 6.10 Å². The van der Waals surface area contributed by atoms with E-state index in [4.69, 9.17) is 4.74 Å². The van der Waals surface area contributed by atoms with Gasteiger partial charge in [0.25, 0.3) is 0 Å². The van der Waals surface area contributed by atoms with Gasteiger partial charge in [-0.25, -0.2) is 0 Å². The van der Waals surface area contributed by atoms with Crippen LogP contribution in [0.25, 0.3) is 0 Å². The fraction of sp³-hybridized carbons (Fsp3) is 0.200. The Labute approximate surface area is 101 Å². The van der Waals surface area contributed by atoms with Gasteiger partial charge in [-0.2, -0.15) is 0 Å². The summed E-state index contributed by atoms with van der Waals surface area (Å²) < 4.78 is 5.27. The molecule has 2 rings (SSSR count). The highest BCUT2D eigenvalue weighted by molar-refractivity contribution is 5.34. The molecule has 0 heterocycles. The monoisotopic (exact) mass is 228 g/mol. The molecule has 0 fully saturated rings. The van der Waals surface area contributed by atoms with Crippen LogP contribution in [0.3, 0.4) is 0 Å². The Morgan fingerprint density at radius 2 is 1.65 bits per heavy atom. The van der Waals surface area contributed by atoms with Crippen molar-refractivity contribution in [2.45, 2.75) is 12.5 Å². The van der Waals surface area contributed by atoms with Gasteiger partial charge in [-0.3, -0.25) is 0 Å². The van der Waals surface area contributed by atoms with Crippen LogP contribution in [-0.2, 0) is 6.42 Å². The van der Waals surface area contributed by atoms with Gasteiger partial charge in [0, 0.05) is 6.42 Å². The molecular weight excluding hydrogens is 212 g/mol. The first-order valence-corrected chi connectivity index (χ1v) is 5.66. The first-order chi connectivity index (χ1) is 8.31. The van der Waals surface area contributed by atoms with Crippen LogP contribution in [0.1, 0.15) is 17.2 Å². The second-order valence-electron chi connectivity index (χ2n) is 3.94. The van der Waals surface area contributed by atoms with Crippen molar-refractivity contribution >= 4 is 0 Å². The Balaban J connectivity index is 2.16. The van der Waals surface area contributed by atoms with E-state index in [-0.39, 0.29) is 0 Å². The Morgan fingerprint density at radius 1 is 1.00 bits per heavy atom. The number of para-hydroxylation sites is 1. The van der Waals surface area contributed by atoms with Crippen molar-refractivity contribution in [1.29, 1.82) is 0 Å². The Hall–Kier alpha value is -1.80. The van der Waals surface area contributed by atoms with Crippen LogP contribution in [-0.4, -0.2) is 12.2 Å². The van der Waals surface area contributed by atoms with Crippen molar-refractivity contribution in [3.05, 3.63) is 65.7 Å². The van der Waals surface area contributed by atoms with Crippen molar-refractivity contribution < 1.29 is 9.84 Å². The number of rotatable bonds is 4. The predicted molar refractivity (Wildman–Crippen MR) is 68.1 cm³/mol. The lowest BCUT2D eigenvalue weighted by atomic mass is 10.0. The average Bonchev–Trinajstić information content (AvgIpc) is 2.40. The molecule has 1 atom stereocenters. The Morgan fingerprint density at radius 3 is 2.35 bits per heavy atom. The van der Waals surface area contributed by atoms with E-state index in [1.165, 1.54) is 0 Å². The SMILES string of the molecule is COc1ccccc1C[C@@H](O)c1ccccc1. The molecule has 0 radical (unpaired) electrons. The van der Waals surface area contributed by atoms with Crippen LogP contribution in [0.5, 0.6) is 5.75 Å². The number of benzene rings is 2. The Kier molecular flexibility index (Phi) is 3.78. The predicted octanol–water partition coefficient (Wildman–Crippen LogP) is 2.97. The van der Waals surface area contributed by atoms with Crippen LogP contribution < -0.4 is 4.74 Å². The summed E-state index contributed by atoms with van der Waals surface area (Å²) >= 11 is 0. The molecule has 0 aliphatic heterocycles. The van der Waals surface area contributed by atoms with E-state index >= 15 is 0 Å².